The molecule has 0 atom stereocenters. The topological polar surface area (TPSA) is 110 Å². The van der Waals surface area contributed by atoms with Crippen molar-refractivity contribution >= 4 is 39.9 Å². The maximum absolute atomic E-state index is 13.5. The van der Waals surface area contributed by atoms with Crippen LogP contribution in [-0.4, -0.2) is 47.7 Å². The Kier molecular flexibility index (Phi) is 6.57. The predicted molar refractivity (Wildman–Crippen MR) is 142 cm³/mol. The van der Waals surface area contributed by atoms with E-state index in [-0.39, 0.29) is 42.6 Å². The lowest BCUT2D eigenvalue weighted by molar-refractivity contribution is -0.384. The van der Waals surface area contributed by atoms with Crippen LogP contribution in [0.5, 0.6) is 5.75 Å². The van der Waals surface area contributed by atoms with Crippen LogP contribution in [0.3, 0.4) is 0 Å². The van der Waals surface area contributed by atoms with Gasteiger partial charge < -0.3 is 9.64 Å². The molecule has 4 aromatic rings. The number of rotatable bonds is 8. The number of benzene rings is 4. The molecular formula is C29H23N3O6. The second-order valence-corrected chi connectivity index (χ2v) is 8.79. The minimum atomic E-state index is -0.557. The van der Waals surface area contributed by atoms with E-state index in [0.29, 0.717) is 28.0 Å². The molecule has 0 radical (unpaired) electrons. The third kappa shape index (κ3) is 4.45. The van der Waals surface area contributed by atoms with Gasteiger partial charge in [-0.05, 0) is 42.1 Å². The number of non-ortho nitro benzene ring substituents is 1. The predicted octanol–water partition coefficient (Wildman–Crippen LogP) is 5.09. The summed E-state index contributed by atoms with van der Waals surface area (Å²) in [6.45, 7) is 0.239. The summed E-state index contributed by atoms with van der Waals surface area (Å²) in [5, 5.41) is 12.7. The van der Waals surface area contributed by atoms with Gasteiger partial charge in [-0.2, -0.15) is 0 Å². The summed E-state index contributed by atoms with van der Waals surface area (Å²) in [6, 6.07) is 23.1. The normalized spacial score (nSPS) is 12.5. The van der Waals surface area contributed by atoms with Crippen molar-refractivity contribution in [2.24, 2.45) is 0 Å². The van der Waals surface area contributed by atoms with Crippen molar-refractivity contribution in [1.82, 2.24) is 4.90 Å². The average Bonchev–Trinajstić information content (AvgIpc) is 2.95. The van der Waals surface area contributed by atoms with Crippen LogP contribution in [0.1, 0.15) is 37.5 Å². The Labute approximate surface area is 218 Å². The van der Waals surface area contributed by atoms with Gasteiger partial charge in [-0.25, -0.2) is 0 Å². The molecule has 1 aliphatic heterocycles. The minimum Gasteiger partial charge on any atom is -0.497 e. The van der Waals surface area contributed by atoms with E-state index in [1.165, 1.54) is 41.2 Å². The molecule has 4 aromatic carbocycles. The van der Waals surface area contributed by atoms with E-state index < -0.39 is 10.8 Å². The minimum absolute atomic E-state index is 0.0884. The Bertz CT molecular complexity index is 1550. The molecule has 0 bridgehead atoms. The molecule has 38 heavy (non-hydrogen) atoms. The van der Waals surface area contributed by atoms with Gasteiger partial charge in [-0.1, -0.05) is 36.4 Å². The quantitative estimate of drug-likeness (QED) is 0.186. The molecular weight excluding hydrogens is 486 g/mol. The molecule has 5 rings (SSSR count). The summed E-state index contributed by atoms with van der Waals surface area (Å²) in [5.74, 6) is -0.673. The fourth-order valence-electron chi connectivity index (χ4n) is 4.71. The van der Waals surface area contributed by atoms with Crippen molar-refractivity contribution in [1.29, 1.82) is 0 Å². The second kappa shape index (κ2) is 10.1. The smallest absolute Gasteiger partial charge is 0.270 e. The summed E-state index contributed by atoms with van der Waals surface area (Å²) in [4.78, 5) is 53.4. The Morgan fingerprint density at radius 3 is 2.24 bits per heavy atom. The van der Waals surface area contributed by atoms with Crippen molar-refractivity contribution in [3.63, 3.8) is 0 Å². The molecule has 0 N–H and O–H groups in total. The molecule has 9 heteroatoms. The number of carbonyl (C=O) groups excluding carboxylic acids is 3. The van der Waals surface area contributed by atoms with Crippen molar-refractivity contribution in [2.75, 3.05) is 25.1 Å². The van der Waals surface area contributed by atoms with Gasteiger partial charge in [0, 0.05) is 59.1 Å². The number of methoxy groups -OCH3 is 1. The largest absolute Gasteiger partial charge is 0.497 e. The number of nitro benzene ring substituents is 1. The van der Waals surface area contributed by atoms with E-state index >= 15 is 0 Å². The number of carbonyl (C=O) groups is 3. The summed E-state index contributed by atoms with van der Waals surface area (Å²) in [5.41, 5.74) is 1.41. The molecule has 0 unspecified atom stereocenters. The van der Waals surface area contributed by atoms with E-state index in [1.54, 1.807) is 48.5 Å². The van der Waals surface area contributed by atoms with Crippen LogP contribution in [0.2, 0.25) is 0 Å². The lowest BCUT2D eigenvalue weighted by Crippen LogP contribution is -2.42. The van der Waals surface area contributed by atoms with Crippen LogP contribution in [-0.2, 0) is 0 Å². The van der Waals surface area contributed by atoms with E-state index in [2.05, 4.69) is 0 Å². The fraction of sp³-hybridized carbons (Fsp3) is 0.138. The molecule has 3 amide bonds. The van der Waals surface area contributed by atoms with Crippen LogP contribution >= 0.6 is 0 Å². The maximum Gasteiger partial charge on any atom is 0.270 e. The van der Waals surface area contributed by atoms with Gasteiger partial charge in [0.15, 0.2) is 0 Å². The molecule has 0 saturated carbocycles. The molecule has 0 saturated heterocycles. The lowest BCUT2D eigenvalue weighted by atomic mass is 9.94. The number of nitrogens with zero attached hydrogens (tertiary/aromatic N) is 3. The zero-order valence-corrected chi connectivity index (χ0v) is 20.5. The van der Waals surface area contributed by atoms with E-state index in [4.69, 9.17) is 4.74 Å². The first-order chi connectivity index (χ1) is 18.4. The zero-order valence-electron chi connectivity index (χ0n) is 20.5. The highest BCUT2D eigenvalue weighted by Crippen LogP contribution is 2.30. The number of ether oxygens (including phenoxy) is 1. The zero-order chi connectivity index (χ0) is 26.8. The number of hydrogen-bond donors (Lipinski definition) is 0. The standard InChI is InChI=1S/C29H23N3O6/c1-38-23-12-5-10-21(18-23)30(27(33)20-9-2-11-22(17-20)32(36)37)15-6-16-31-28(34)24-13-3-7-19-8-4-14-25(26(19)24)29(31)35/h2-5,7-14,17-18H,6,15-16H2,1H3. The lowest BCUT2D eigenvalue weighted by Gasteiger charge is -2.29. The fourth-order valence-corrected chi connectivity index (χ4v) is 4.71. The molecule has 1 heterocycles. The molecule has 1 aliphatic rings. The van der Waals surface area contributed by atoms with Crippen molar-refractivity contribution < 1.29 is 24.0 Å². The Hall–Kier alpha value is -5.05. The van der Waals surface area contributed by atoms with Crippen molar-refractivity contribution in [2.45, 2.75) is 6.42 Å². The monoisotopic (exact) mass is 509 g/mol. The van der Waals surface area contributed by atoms with Gasteiger partial charge in [0.1, 0.15) is 5.75 Å². The van der Waals surface area contributed by atoms with Gasteiger partial charge in [-0.15, -0.1) is 0 Å². The first-order valence-electron chi connectivity index (χ1n) is 12.0. The summed E-state index contributed by atoms with van der Waals surface area (Å²) in [7, 11) is 1.51. The van der Waals surface area contributed by atoms with E-state index in [9.17, 15) is 24.5 Å². The maximum atomic E-state index is 13.5. The Morgan fingerprint density at radius 2 is 1.58 bits per heavy atom. The molecule has 0 aromatic heterocycles. The molecule has 190 valence electrons. The van der Waals surface area contributed by atoms with Crippen LogP contribution < -0.4 is 9.64 Å². The van der Waals surface area contributed by atoms with Crippen molar-refractivity contribution in [3.8, 4) is 5.75 Å². The third-order valence-electron chi connectivity index (χ3n) is 6.53. The first-order valence-corrected chi connectivity index (χ1v) is 12.0. The average molecular weight is 510 g/mol. The van der Waals surface area contributed by atoms with E-state index in [1.807, 2.05) is 12.1 Å². The molecule has 0 aliphatic carbocycles. The van der Waals surface area contributed by atoms with Gasteiger partial charge in [0.25, 0.3) is 23.4 Å². The number of hydrogen-bond acceptors (Lipinski definition) is 6. The molecule has 9 nitrogen and oxygen atoms in total. The van der Waals surface area contributed by atoms with Gasteiger partial charge in [0.2, 0.25) is 0 Å². The molecule has 0 fully saturated rings. The van der Waals surface area contributed by atoms with Crippen molar-refractivity contribution in [3.05, 3.63) is 112 Å². The number of imide groups is 1. The van der Waals surface area contributed by atoms with Crippen LogP contribution in [0.15, 0.2) is 84.9 Å². The summed E-state index contributed by atoms with van der Waals surface area (Å²) in [6.07, 6.45) is 0.285. The Morgan fingerprint density at radius 1 is 0.921 bits per heavy atom. The van der Waals surface area contributed by atoms with Crippen LogP contribution in [0.25, 0.3) is 10.8 Å². The van der Waals surface area contributed by atoms with Gasteiger partial charge in [-0.3, -0.25) is 29.4 Å². The van der Waals surface area contributed by atoms with Gasteiger partial charge in [0.05, 0.1) is 12.0 Å². The summed E-state index contributed by atoms with van der Waals surface area (Å²) < 4.78 is 5.30. The number of anilines is 1. The highest BCUT2D eigenvalue weighted by molar-refractivity contribution is 6.25. The third-order valence-corrected chi connectivity index (χ3v) is 6.53. The number of amides is 3. The second-order valence-electron chi connectivity index (χ2n) is 8.79. The molecule has 0 spiro atoms. The Balaban J connectivity index is 1.41. The van der Waals surface area contributed by atoms with Crippen LogP contribution in [0.4, 0.5) is 11.4 Å². The number of nitro groups is 1. The van der Waals surface area contributed by atoms with Crippen LogP contribution in [0, 0.1) is 10.1 Å². The highest BCUT2D eigenvalue weighted by Gasteiger charge is 2.32. The SMILES string of the molecule is COc1cccc(N(CCCN2C(=O)c3cccc4cccc(c34)C2=O)C(=O)c2cccc([N+](=O)[O-])c2)c1. The highest BCUT2D eigenvalue weighted by atomic mass is 16.6. The van der Waals surface area contributed by atoms with E-state index in [0.717, 1.165) is 5.39 Å². The first kappa shape index (κ1) is 24.6. The summed E-state index contributed by atoms with van der Waals surface area (Å²) >= 11 is 0. The van der Waals surface area contributed by atoms with Gasteiger partial charge >= 0.3 is 0 Å².